The van der Waals surface area contributed by atoms with Gasteiger partial charge in [-0.1, -0.05) is 16.8 Å². The molecule has 0 aliphatic heterocycles. The van der Waals surface area contributed by atoms with Crippen molar-refractivity contribution in [2.24, 2.45) is 7.05 Å². The van der Waals surface area contributed by atoms with E-state index in [1.165, 1.54) is 12.1 Å². The molecular weight excluding hydrogens is 411 g/mol. The summed E-state index contributed by atoms with van der Waals surface area (Å²) in [5, 5.41) is 11.9. The molecule has 0 atom stereocenters. The van der Waals surface area contributed by atoms with Gasteiger partial charge in [-0.05, 0) is 37.3 Å². The molecule has 0 radical (unpaired) electrons. The Bertz CT molecular complexity index is 1160. The van der Waals surface area contributed by atoms with E-state index in [0.29, 0.717) is 35.6 Å². The lowest BCUT2D eigenvalue weighted by atomic mass is 10.2. The van der Waals surface area contributed by atoms with Crippen LogP contribution in [0.15, 0.2) is 47.2 Å². The highest BCUT2D eigenvalue weighted by atomic mass is 35.5. The predicted molar refractivity (Wildman–Crippen MR) is 108 cm³/mol. The number of hydrogen-bond acceptors (Lipinski definition) is 7. The second-order valence-corrected chi connectivity index (χ2v) is 6.96. The van der Waals surface area contributed by atoms with E-state index >= 15 is 0 Å². The summed E-state index contributed by atoms with van der Waals surface area (Å²) in [6, 6.07) is 7.89. The molecule has 0 bridgehead atoms. The zero-order valence-electron chi connectivity index (χ0n) is 16.3. The number of ether oxygens (including phenoxy) is 1. The molecule has 4 aromatic rings. The molecule has 0 saturated heterocycles. The van der Waals surface area contributed by atoms with Crippen LogP contribution < -0.4 is 10.1 Å². The van der Waals surface area contributed by atoms with Gasteiger partial charge in [0.15, 0.2) is 5.82 Å². The van der Waals surface area contributed by atoms with Crippen LogP contribution in [0.3, 0.4) is 0 Å². The largest absolute Gasteiger partial charge is 0.437 e. The van der Waals surface area contributed by atoms with Gasteiger partial charge in [0.2, 0.25) is 5.88 Å². The number of nitrogens with zero attached hydrogens (tertiary/aromatic N) is 5. The van der Waals surface area contributed by atoms with Crippen molar-refractivity contribution in [3.05, 3.63) is 70.6 Å². The third kappa shape index (κ3) is 4.32. The third-order valence-corrected chi connectivity index (χ3v) is 4.59. The lowest BCUT2D eigenvalue weighted by Gasteiger charge is -2.08. The molecule has 0 amide bonds. The van der Waals surface area contributed by atoms with Crippen LogP contribution >= 0.6 is 11.6 Å². The fourth-order valence-corrected chi connectivity index (χ4v) is 3.09. The van der Waals surface area contributed by atoms with Crippen LogP contribution in [-0.4, -0.2) is 24.9 Å². The fourth-order valence-electron chi connectivity index (χ4n) is 2.93. The summed E-state index contributed by atoms with van der Waals surface area (Å²) in [4.78, 5) is 8.29. The first kappa shape index (κ1) is 20.0. The monoisotopic (exact) mass is 428 g/mol. The van der Waals surface area contributed by atoms with Crippen LogP contribution in [0.2, 0.25) is 5.02 Å². The smallest absolute Gasteiger partial charge is 0.260 e. The summed E-state index contributed by atoms with van der Waals surface area (Å²) in [6.45, 7) is 2.69. The molecule has 0 unspecified atom stereocenters. The van der Waals surface area contributed by atoms with Crippen LogP contribution in [-0.2, 0) is 20.1 Å². The van der Waals surface area contributed by atoms with E-state index in [-0.39, 0.29) is 11.5 Å². The van der Waals surface area contributed by atoms with Gasteiger partial charge in [-0.3, -0.25) is 4.98 Å². The minimum atomic E-state index is -0.520. The highest BCUT2D eigenvalue weighted by Crippen LogP contribution is 2.27. The highest BCUT2D eigenvalue weighted by Gasteiger charge is 2.17. The molecule has 10 heteroatoms. The van der Waals surface area contributed by atoms with Crippen molar-refractivity contribution < 1.29 is 13.7 Å². The minimum Gasteiger partial charge on any atom is -0.437 e. The molecule has 154 valence electrons. The molecule has 0 saturated carbocycles. The normalized spacial score (nSPS) is 11.1. The van der Waals surface area contributed by atoms with E-state index in [1.807, 2.05) is 20.0 Å². The number of halogens is 2. The van der Waals surface area contributed by atoms with Crippen LogP contribution in [0.1, 0.15) is 17.1 Å². The average Bonchev–Trinajstić information content (AvgIpc) is 3.28. The van der Waals surface area contributed by atoms with Gasteiger partial charge in [0, 0.05) is 24.8 Å². The zero-order chi connectivity index (χ0) is 21.1. The number of benzene rings is 1. The number of nitrogens with one attached hydrogen (secondary N) is 1. The van der Waals surface area contributed by atoms with Gasteiger partial charge in [-0.15, -0.1) is 0 Å². The van der Waals surface area contributed by atoms with Crippen molar-refractivity contribution in [1.82, 2.24) is 30.2 Å². The van der Waals surface area contributed by atoms with E-state index < -0.39 is 5.82 Å². The molecule has 0 fully saturated rings. The number of aromatic nitrogens is 5. The average molecular weight is 429 g/mol. The Kier molecular flexibility index (Phi) is 5.73. The van der Waals surface area contributed by atoms with Gasteiger partial charge in [-0.25, -0.2) is 9.07 Å². The first-order valence-electron chi connectivity index (χ1n) is 9.10. The summed E-state index contributed by atoms with van der Waals surface area (Å²) in [5.41, 5.74) is 1.93. The van der Waals surface area contributed by atoms with Crippen molar-refractivity contribution >= 4 is 11.6 Å². The molecule has 1 aromatic carbocycles. The van der Waals surface area contributed by atoms with Gasteiger partial charge in [0.25, 0.3) is 5.89 Å². The maximum Gasteiger partial charge on any atom is 0.260 e. The van der Waals surface area contributed by atoms with Crippen molar-refractivity contribution in [3.63, 3.8) is 0 Å². The molecule has 1 N–H and O–H groups in total. The van der Waals surface area contributed by atoms with E-state index in [2.05, 4.69) is 25.5 Å². The van der Waals surface area contributed by atoms with Gasteiger partial charge < -0.3 is 14.6 Å². The molecule has 4 rings (SSSR count). The number of hydrogen-bond donors (Lipinski definition) is 1. The van der Waals surface area contributed by atoms with Crippen molar-refractivity contribution in [3.8, 4) is 23.1 Å². The third-order valence-electron chi connectivity index (χ3n) is 4.35. The Morgan fingerprint density at radius 1 is 1.27 bits per heavy atom. The Labute approximate surface area is 176 Å². The predicted octanol–water partition coefficient (Wildman–Crippen LogP) is 4.05. The number of rotatable bonds is 7. The first-order valence-corrected chi connectivity index (χ1v) is 9.48. The lowest BCUT2D eigenvalue weighted by Crippen LogP contribution is -2.14. The van der Waals surface area contributed by atoms with Crippen LogP contribution in [0, 0.1) is 12.7 Å². The topological polar surface area (TPSA) is 90.9 Å². The Hall–Kier alpha value is -3.30. The maximum absolute atomic E-state index is 14.0. The summed E-state index contributed by atoms with van der Waals surface area (Å²) in [5.74, 6) is 1.21. The quantitative estimate of drug-likeness (QED) is 0.474. The second-order valence-electron chi connectivity index (χ2n) is 6.53. The molecule has 0 aliphatic rings. The standard InChI is InChI=1S/C20H18ClFN6O2/c1-12-16(20(28(2)26-12)29-14-4-3-7-23-9-14)10-24-11-18-25-19(30-27-18)15-6-5-13(21)8-17(15)22/h3-9,24H,10-11H2,1-2H3. The van der Waals surface area contributed by atoms with Gasteiger partial charge in [0.05, 0.1) is 29.6 Å². The molecule has 0 spiro atoms. The Balaban J connectivity index is 1.43. The number of pyridine rings is 1. The maximum atomic E-state index is 14.0. The van der Waals surface area contributed by atoms with E-state index in [4.69, 9.17) is 20.9 Å². The van der Waals surface area contributed by atoms with E-state index in [9.17, 15) is 4.39 Å². The molecule has 30 heavy (non-hydrogen) atoms. The van der Waals surface area contributed by atoms with Crippen molar-refractivity contribution in [1.29, 1.82) is 0 Å². The minimum absolute atomic E-state index is 0.0964. The van der Waals surface area contributed by atoms with Gasteiger partial charge >= 0.3 is 0 Å². The van der Waals surface area contributed by atoms with Gasteiger partial charge in [-0.2, -0.15) is 10.1 Å². The summed E-state index contributed by atoms with van der Waals surface area (Å²) >= 11 is 5.78. The molecule has 8 nitrogen and oxygen atoms in total. The zero-order valence-corrected chi connectivity index (χ0v) is 17.0. The summed E-state index contributed by atoms with van der Waals surface area (Å²) in [6.07, 6.45) is 3.31. The highest BCUT2D eigenvalue weighted by molar-refractivity contribution is 6.30. The van der Waals surface area contributed by atoms with Crippen LogP contribution in [0.5, 0.6) is 11.6 Å². The summed E-state index contributed by atoms with van der Waals surface area (Å²) in [7, 11) is 1.81. The molecule has 0 aliphatic carbocycles. The van der Waals surface area contributed by atoms with Crippen LogP contribution in [0.4, 0.5) is 4.39 Å². The van der Waals surface area contributed by atoms with E-state index in [0.717, 1.165) is 11.3 Å². The fraction of sp³-hybridized carbons (Fsp3) is 0.200. The summed E-state index contributed by atoms with van der Waals surface area (Å²) < 4.78 is 26.8. The Morgan fingerprint density at radius 3 is 2.90 bits per heavy atom. The number of aryl methyl sites for hydroxylation is 2. The van der Waals surface area contributed by atoms with Crippen molar-refractivity contribution in [2.75, 3.05) is 0 Å². The Morgan fingerprint density at radius 2 is 2.13 bits per heavy atom. The van der Waals surface area contributed by atoms with Gasteiger partial charge in [0.1, 0.15) is 11.6 Å². The van der Waals surface area contributed by atoms with Crippen molar-refractivity contribution in [2.45, 2.75) is 20.0 Å². The second kappa shape index (κ2) is 8.60. The SMILES string of the molecule is Cc1nn(C)c(Oc2cccnc2)c1CNCc1noc(-c2ccc(Cl)cc2F)n1. The molecule has 3 heterocycles. The van der Waals surface area contributed by atoms with Crippen LogP contribution in [0.25, 0.3) is 11.5 Å². The molecule has 3 aromatic heterocycles. The first-order chi connectivity index (χ1) is 14.5. The lowest BCUT2D eigenvalue weighted by molar-refractivity contribution is 0.414. The molecular formula is C20H18ClFN6O2. The van der Waals surface area contributed by atoms with E-state index in [1.54, 1.807) is 29.2 Å².